The summed E-state index contributed by atoms with van der Waals surface area (Å²) in [5.41, 5.74) is 6.32. The molecule has 0 spiro atoms. The molecule has 2 rings (SSSR count). The minimum Gasteiger partial charge on any atom is -0.383 e. The third kappa shape index (κ3) is 2.17. The van der Waals surface area contributed by atoms with Gasteiger partial charge in [0.25, 0.3) is 0 Å². The summed E-state index contributed by atoms with van der Waals surface area (Å²) >= 11 is 1.49. The summed E-state index contributed by atoms with van der Waals surface area (Å²) in [6.07, 6.45) is 2.43. The number of nitrogens with one attached hydrogen (secondary N) is 1. The van der Waals surface area contributed by atoms with Crippen LogP contribution in [0.15, 0.2) is 0 Å². The van der Waals surface area contributed by atoms with Crippen molar-refractivity contribution in [1.82, 2.24) is 4.98 Å². The van der Waals surface area contributed by atoms with Crippen LogP contribution in [-0.4, -0.2) is 31.0 Å². The van der Waals surface area contributed by atoms with Gasteiger partial charge in [0.05, 0.1) is 17.2 Å². The number of nitrogen functional groups attached to an aromatic ring is 1. The van der Waals surface area contributed by atoms with Crippen molar-refractivity contribution in [3.05, 3.63) is 10.6 Å². The monoisotopic (exact) mass is 240 g/mol. The van der Waals surface area contributed by atoms with Gasteiger partial charge in [0.15, 0.2) is 5.13 Å². The third-order valence-electron chi connectivity index (χ3n) is 2.59. The highest BCUT2D eigenvalue weighted by Gasteiger charge is 2.20. The van der Waals surface area contributed by atoms with Gasteiger partial charge in [0, 0.05) is 20.2 Å². The lowest BCUT2D eigenvalue weighted by Crippen LogP contribution is -2.17. The van der Waals surface area contributed by atoms with Crippen LogP contribution in [0.2, 0.25) is 0 Å². The van der Waals surface area contributed by atoms with Crippen molar-refractivity contribution >= 4 is 22.3 Å². The van der Waals surface area contributed by atoms with E-state index in [0.29, 0.717) is 6.61 Å². The maximum atomic E-state index is 7.51. The van der Waals surface area contributed by atoms with Crippen molar-refractivity contribution in [1.29, 1.82) is 5.41 Å². The Balaban J connectivity index is 2.26. The van der Waals surface area contributed by atoms with Crippen LogP contribution in [0.3, 0.4) is 0 Å². The number of methoxy groups -OCH3 is 1. The number of thiazole rings is 1. The first kappa shape index (κ1) is 11.3. The van der Waals surface area contributed by atoms with Crippen LogP contribution in [-0.2, 0) is 11.3 Å². The molecule has 1 aliphatic rings. The summed E-state index contributed by atoms with van der Waals surface area (Å²) in [5.74, 6) is 0.0787. The molecule has 5 nitrogen and oxygen atoms in total. The average molecular weight is 240 g/mol. The van der Waals surface area contributed by atoms with E-state index in [1.54, 1.807) is 7.11 Å². The lowest BCUT2D eigenvalue weighted by molar-refractivity contribution is 0.182. The predicted molar refractivity (Wildman–Crippen MR) is 65.3 cm³/mol. The second kappa shape index (κ2) is 4.80. The molecule has 0 unspecified atom stereocenters. The van der Waals surface area contributed by atoms with E-state index in [2.05, 4.69) is 9.88 Å². The highest BCUT2D eigenvalue weighted by atomic mass is 32.1. The molecule has 1 aromatic rings. The van der Waals surface area contributed by atoms with Crippen molar-refractivity contribution in [2.24, 2.45) is 5.73 Å². The molecule has 1 aliphatic heterocycles. The molecule has 2 heterocycles. The van der Waals surface area contributed by atoms with Gasteiger partial charge in [-0.3, -0.25) is 5.41 Å². The molecule has 6 heteroatoms. The fraction of sp³-hybridized carbons (Fsp3) is 0.600. The zero-order chi connectivity index (χ0) is 11.5. The number of amidine groups is 1. The quantitative estimate of drug-likeness (QED) is 0.612. The summed E-state index contributed by atoms with van der Waals surface area (Å²) in [5, 5.41) is 8.48. The molecule has 0 saturated carbocycles. The maximum absolute atomic E-state index is 7.51. The molecule has 0 amide bonds. The fourth-order valence-electron chi connectivity index (χ4n) is 1.83. The first-order chi connectivity index (χ1) is 7.72. The molecule has 3 N–H and O–H groups in total. The number of hydrogen-bond donors (Lipinski definition) is 2. The molecule has 0 aromatic carbocycles. The Morgan fingerprint density at radius 3 is 2.81 bits per heavy atom. The molecule has 0 bridgehead atoms. The summed E-state index contributed by atoms with van der Waals surface area (Å²) in [6.45, 7) is 2.52. The fourth-order valence-corrected chi connectivity index (χ4v) is 2.81. The van der Waals surface area contributed by atoms with E-state index in [1.165, 1.54) is 24.2 Å². The van der Waals surface area contributed by atoms with Gasteiger partial charge in [-0.1, -0.05) is 11.3 Å². The summed E-state index contributed by atoms with van der Waals surface area (Å²) in [6, 6.07) is 0. The van der Waals surface area contributed by atoms with Crippen LogP contribution < -0.4 is 10.6 Å². The predicted octanol–water partition coefficient (Wildman–Crippen LogP) is 1.17. The molecular weight excluding hydrogens is 224 g/mol. The van der Waals surface area contributed by atoms with E-state index < -0.39 is 0 Å². The number of nitrogens with zero attached hydrogens (tertiary/aromatic N) is 2. The largest absolute Gasteiger partial charge is 0.383 e. The molecular formula is C10H16N4OS. The number of rotatable bonds is 4. The zero-order valence-corrected chi connectivity index (χ0v) is 10.1. The molecule has 1 fully saturated rings. The average Bonchev–Trinajstić information content (AvgIpc) is 2.83. The first-order valence-electron chi connectivity index (χ1n) is 5.30. The van der Waals surface area contributed by atoms with E-state index in [9.17, 15) is 0 Å². The number of nitrogens with two attached hydrogens (primary N) is 1. The van der Waals surface area contributed by atoms with Crippen molar-refractivity contribution in [3.8, 4) is 0 Å². The first-order valence-corrected chi connectivity index (χ1v) is 6.12. The second-order valence-corrected chi connectivity index (χ2v) is 4.79. The van der Waals surface area contributed by atoms with Crippen LogP contribution in [0.25, 0.3) is 0 Å². The highest BCUT2D eigenvalue weighted by molar-refractivity contribution is 7.17. The van der Waals surface area contributed by atoms with Gasteiger partial charge in [0.2, 0.25) is 0 Å². The molecule has 0 radical (unpaired) electrons. The summed E-state index contributed by atoms with van der Waals surface area (Å²) in [4.78, 5) is 7.49. The Labute approximate surface area is 98.7 Å². The van der Waals surface area contributed by atoms with Gasteiger partial charge < -0.3 is 15.4 Å². The molecule has 16 heavy (non-hydrogen) atoms. The van der Waals surface area contributed by atoms with Crippen LogP contribution in [0.4, 0.5) is 5.13 Å². The molecule has 88 valence electrons. The topological polar surface area (TPSA) is 75.2 Å². The number of hydrogen-bond acceptors (Lipinski definition) is 5. The lowest BCUT2D eigenvalue weighted by atomic mass is 10.3. The van der Waals surface area contributed by atoms with Crippen LogP contribution in [0.5, 0.6) is 0 Å². The molecule has 0 aliphatic carbocycles. The van der Waals surface area contributed by atoms with Gasteiger partial charge in [-0.05, 0) is 12.8 Å². The molecule has 1 saturated heterocycles. The summed E-state index contributed by atoms with van der Waals surface area (Å²) < 4.78 is 5.07. The summed E-state index contributed by atoms with van der Waals surface area (Å²) in [7, 11) is 1.62. The standard InChI is InChI=1S/C10H16N4OS/c1-15-6-7-8(9(11)12)16-10(13-7)14-4-2-3-5-14/h2-6H2,1H3,(H3,11,12). The van der Waals surface area contributed by atoms with Crippen LogP contribution in [0, 0.1) is 5.41 Å². The third-order valence-corrected chi connectivity index (χ3v) is 3.78. The van der Waals surface area contributed by atoms with E-state index in [1.807, 2.05) is 0 Å². The Morgan fingerprint density at radius 1 is 1.56 bits per heavy atom. The minimum absolute atomic E-state index is 0.0787. The van der Waals surface area contributed by atoms with Crippen molar-refractivity contribution in [2.75, 3.05) is 25.1 Å². The van der Waals surface area contributed by atoms with Crippen molar-refractivity contribution < 1.29 is 4.74 Å². The Bertz CT molecular complexity index is 384. The highest BCUT2D eigenvalue weighted by Crippen LogP contribution is 2.28. The Kier molecular flexibility index (Phi) is 3.40. The van der Waals surface area contributed by atoms with E-state index in [0.717, 1.165) is 28.8 Å². The van der Waals surface area contributed by atoms with Gasteiger partial charge in [-0.15, -0.1) is 0 Å². The lowest BCUT2D eigenvalue weighted by Gasteiger charge is -2.12. The van der Waals surface area contributed by atoms with E-state index >= 15 is 0 Å². The zero-order valence-electron chi connectivity index (χ0n) is 9.32. The maximum Gasteiger partial charge on any atom is 0.186 e. The number of aromatic nitrogens is 1. The van der Waals surface area contributed by atoms with E-state index in [4.69, 9.17) is 15.9 Å². The number of ether oxygens (including phenoxy) is 1. The van der Waals surface area contributed by atoms with Crippen molar-refractivity contribution in [3.63, 3.8) is 0 Å². The van der Waals surface area contributed by atoms with Gasteiger partial charge in [-0.2, -0.15) is 0 Å². The van der Waals surface area contributed by atoms with E-state index in [-0.39, 0.29) is 5.84 Å². The Hall–Kier alpha value is -1.14. The van der Waals surface area contributed by atoms with Crippen LogP contribution in [0.1, 0.15) is 23.4 Å². The normalized spacial score (nSPS) is 15.7. The SMILES string of the molecule is COCc1nc(N2CCCC2)sc1C(=N)N. The minimum atomic E-state index is 0.0787. The molecule has 0 atom stereocenters. The van der Waals surface area contributed by atoms with Gasteiger partial charge >= 0.3 is 0 Å². The van der Waals surface area contributed by atoms with Crippen molar-refractivity contribution in [2.45, 2.75) is 19.4 Å². The number of anilines is 1. The van der Waals surface area contributed by atoms with Gasteiger partial charge in [0.1, 0.15) is 5.84 Å². The Morgan fingerprint density at radius 2 is 2.25 bits per heavy atom. The van der Waals surface area contributed by atoms with Crippen LogP contribution >= 0.6 is 11.3 Å². The smallest absolute Gasteiger partial charge is 0.186 e. The second-order valence-electron chi connectivity index (χ2n) is 3.81. The van der Waals surface area contributed by atoms with Gasteiger partial charge in [-0.25, -0.2) is 4.98 Å². The molecule has 1 aromatic heterocycles.